The number of anilines is 1. The summed E-state index contributed by atoms with van der Waals surface area (Å²) in [6.45, 7) is -0.0448. The smallest absolute Gasteiger partial charge is 0.285 e. The quantitative estimate of drug-likeness (QED) is 0.456. The maximum Gasteiger partial charge on any atom is 0.296 e. The molecule has 0 aliphatic rings. The number of nitrogens with one attached hydrogen (secondary N) is 1. The standard InChI is InChI=1S/C20H18FN3O4S/c21-17-8-4-7-16(11-17)14-29(27,28)23-18-9-10-22-19(12-18)20(25)24(26)13-15-5-2-1-3-6-15/h1-12,26H,13-14H2,(H,22,23). The molecular weight excluding hydrogens is 397 g/mol. The Morgan fingerprint density at radius 3 is 2.48 bits per heavy atom. The number of nitrogens with zero attached hydrogens (tertiary/aromatic N) is 2. The molecule has 29 heavy (non-hydrogen) atoms. The molecule has 0 aliphatic heterocycles. The molecule has 1 aromatic heterocycles. The molecule has 2 N–H and O–H groups in total. The summed E-state index contributed by atoms with van der Waals surface area (Å²) in [7, 11) is -3.85. The van der Waals surface area contributed by atoms with E-state index in [1.165, 1.54) is 36.5 Å². The molecule has 0 bridgehead atoms. The van der Waals surface area contributed by atoms with Crippen LogP contribution in [-0.4, -0.2) is 29.6 Å². The molecule has 3 aromatic rings. The second-order valence-electron chi connectivity index (χ2n) is 6.27. The Kier molecular flexibility index (Phi) is 6.20. The van der Waals surface area contributed by atoms with Crippen LogP contribution in [0.5, 0.6) is 0 Å². The molecule has 1 amide bonds. The Balaban J connectivity index is 1.70. The zero-order valence-corrected chi connectivity index (χ0v) is 16.0. The summed E-state index contributed by atoms with van der Waals surface area (Å²) in [5.74, 6) is -1.74. The second kappa shape index (κ2) is 8.80. The summed E-state index contributed by atoms with van der Waals surface area (Å²) in [5, 5.41) is 10.5. The fourth-order valence-electron chi connectivity index (χ4n) is 2.63. The molecule has 7 nitrogen and oxygen atoms in total. The van der Waals surface area contributed by atoms with Crippen molar-refractivity contribution in [2.75, 3.05) is 4.72 Å². The zero-order valence-electron chi connectivity index (χ0n) is 15.2. The number of aromatic nitrogens is 1. The van der Waals surface area contributed by atoms with Gasteiger partial charge in [-0.2, -0.15) is 0 Å². The van der Waals surface area contributed by atoms with Gasteiger partial charge in [0.05, 0.1) is 18.0 Å². The van der Waals surface area contributed by atoms with Crippen LogP contribution in [0, 0.1) is 5.82 Å². The molecule has 0 saturated heterocycles. The second-order valence-corrected chi connectivity index (χ2v) is 7.99. The van der Waals surface area contributed by atoms with Gasteiger partial charge in [0.25, 0.3) is 5.91 Å². The van der Waals surface area contributed by atoms with Gasteiger partial charge in [-0.1, -0.05) is 42.5 Å². The Hall–Kier alpha value is -3.30. The number of hydrogen-bond donors (Lipinski definition) is 2. The molecule has 0 atom stereocenters. The minimum Gasteiger partial charge on any atom is -0.285 e. The number of hydroxylamine groups is 2. The minimum atomic E-state index is -3.85. The fourth-order valence-corrected chi connectivity index (χ4v) is 3.81. The Morgan fingerprint density at radius 2 is 1.76 bits per heavy atom. The van der Waals surface area contributed by atoms with Crippen molar-refractivity contribution in [2.45, 2.75) is 12.3 Å². The Labute approximate surface area is 167 Å². The van der Waals surface area contributed by atoms with Gasteiger partial charge in [0.2, 0.25) is 10.0 Å². The first-order valence-electron chi connectivity index (χ1n) is 8.58. The molecular formula is C20H18FN3O4S. The molecule has 0 fully saturated rings. The average molecular weight is 415 g/mol. The van der Waals surface area contributed by atoms with Crippen LogP contribution < -0.4 is 4.72 Å². The number of rotatable bonds is 7. The normalized spacial score (nSPS) is 11.1. The third-order valence-corrected chi connectivity index (χ3v) is 5.17. The molecule has 3 rings (SSSR count). The van der Waals surface area contributed by atoms with Gasteiger partial charge in [-0.25, -0.2) is 17.9 Å². The summed E-state index contributed by atoms with van der Waals surface area (Å²) < 4.78 is 40.3. The van der Waals surface area contributed by atoms with E-state index in [0.717, 1.165) is 11.6 Å². The predicted molar refractivity (Wildman–Crippen MR) is 105 cm³/mol. The number of hydrogen-bond acceptors (Lipinski definition) is 5. The van der Waals surface area contributed by atoms with Crippen LogP contribution in [0.4, 0.5) is 10.1 Å². The highest BCUT2D eigenvalue weighted by Crippen LogP contribution is 2.15. The van der Waals surface area contributed by atoms with Gasteiger partial charge in [-0.15, -0.1) is 0 Å². The monoisotopic (exact) mass is 415 g/mol. The lowest BCUT2D eigenvalue weighted by atomic mass is 10.2. The first kappa shape index (κ1) is 20.4. The molecule has 0 spiro atoms. The third kappa shape index (κ3) is 5.84. The van der Waals surface area contributed by atoms with E-state index in [9.17, 15) is 22.8 Å². The number of halogens is 1. The van der Waals surface area contributed by atoms with Gasteiger partial charge >= 0.3 is 0 Å². The van der Waals surface area contributed by atoms with Gasteiger partial charge in [-0.05, 0) is 35.4 Å². The van der Waals surface area contributed by atoms with Crippen LogP contribution in [0.15, 0.2) is 72.9 Å². The molecule has 0 unspecified atom stereocenters. The first-order chi connectivity index (χ1) is 13.8. The molecule has 150 valence electrons. The summed E-state index contributed by atoms with van der Waals surface area (Å²) in [4.78, 5) is 16.3. The molecule has 2 aromatic carbocycles. The number of carbonyl (C=O) groups is 1. The summed E-state index contributed by atoms with van der Waals surface area (Å²) in [6, 6.07) is 16.7. The van der Waals surface area contributed by atoms with Crippen molar-refractivity contribution < 1.29 is 22.8 Å². The zero-order chi connectivity index (χ0) is 20.9. The van der Waals surface area contributed by atoms with Crippen molar-refractivity contribution >= 4 is 21.6 Å². The van der Waals surface area contributed by atoms with Crippen LogP contribution in [0.25, 0.3) is 0 Å². The maximum atomic E-state index is 13.3. The van der Waals surface area contributed by atoms with Gasteiger partial charge in [0.15, 0.2) is 0 Å². The Bertz CT molecular complexity index is 1110. The van der Waals surface area contributed by atoms with Crippen LogP contribution >= 0.6 is 0 Å². The summed E-state index contributed by atoms with van der Waals surface area (Å²) in [5.41, 5.74) is 0.977. The van der Waals surface area contributed by atoms with Crippen molar-refractivity contribution in [3.05, 3.63) is 95.6 Å². The van der Waals surface area contributed by atoms with Crippen LogP contribution in [0.1, 0.15) is 21.6 Å². The topological polar surface area (TPSA) is 99.6 Å². The van der Waals surface area contributed by atoms with E-state index in [-0.39, 0.29) is 23.5 Å². The SMILES string of the molecule is O=C(c1cc(NS(=O)(=O)Cc2cccc(F)c2)ccn1)N(O)Cc1ccccc1. The van der Waals surface area contributed by atoms with Gasteiger partial charge in [0, 0.05) is 6.20 Å². The van der Waals surface area contributed by atoms with Crippen molar-refractivity contribution in [1.82, 2.24) is 10.0 Å². The van der Waals surface area contributed by atoms with Crippen LogP contribution in [-0.2, 0) is 22.3 Å². The van der Waals surface area contributed by atoms with E-state index in [1.807, 2.05) is 6.07 Å². The van der Waals surface area contributed by atoms with E-state index in [1.54, 1.807) is 24.3 Å². The van der Waals surface area contributed by atoms with Gasteiger partial charge in [0.1, 0.15) is 11.5 Å². The van der Waals surface area contributed by atoms with Crippen molar-refractivity contribution in [3.8, 4) is 0 Å². The lowest BCUT2D eigenvalue weighted by Gasteiger charge is -2.15. The highest BCUT2D eigenvalue weighted by Gasteiger charge is 2.18. The number of pyridine rings is 1. The minimum absolute atomic E-state index is 0.0448. The number of benzene rings is 2. The van der Waals surface area contributed by atoms with Crippen molar-refractivity contribution in [1.29, 1.82) is 0 Å². The molecule has 0 radical (unpaired) electrons. The Morgan fingerprint density at radius 1 is 1.03 bits per heavy atom. The summed E-state index contributed by atoms with van der Waals surface area (Å²) >= 11 is 0. The van der Waals surface area contributed by atoms with E-state index in [2.05, 4.69) is 9.71 Å². The lowest BCUT2D eigenvalue weighted by molar-refractivity contribution is -0.0652. The lowest BCUT2D eigenvalue weighted by Crippen LogP contribution is -2.27. The van der Waals surface area contributed by atoms with E-state index < -0.39 is 27.5 Å². The molecule has 0 saturated carbocycles. The maximum absolute atomic E-state index is 13.3. The van der Waals surface area contributed by atoms with Crippen molar-refractivity contribution in [2.24, 2.45) is 0 Å². The van der Waals surface area contributed by atoms with Crippen LogP contribution in [0.2, 0.25) is 0 Å². The largest absolute Gasteiger partial charge is 0.296 e. The highest BCUT2D eigenvalue weighted by molar-refractivity contribution is 7.91. The van der Waals surface area contributed by atoms with E-state index >= 15 is 0 Å². The number of sulfonamides is 1. The number of carbonyl (C=O) groups excluding carboxylic acids is 1. The van der Waals surface area contributed by atoms with E-state index in [4.69, 9.17) is 0 Å². The van der Waals surface area contributed by atoms with E-state index in [0.29, 0.717) is 5.06 Å². The van der Waals surface area contributed by atoms with Crippen molar-refractivity contribution in [3.63, 3.8) is 0 Å². The first-order valence-corrected chi connectivity index (χ1v) is 10.2. The number of amides is 1. The van der Waals surface area contributed by atoms with Crippen LogP contribution in [0.3, 0.4) is 0 Å². The average Bonchev–Trinajstić information content (AvgIpc) is 2.67. The summed E-state index contributed by atoms with van der Waals surface area (Å²) in [6.07, 6.45) is 1.25. The predicted octanol–water partition coefficient (Wildman–Crippen LogP) is 3.19. The highest BCUT2D eigenvalue weighted by atomic mass is 32.2. The fraction of sp³-hybridized carbons (Fsp3) is 0.100. The molecule has 9 heteroatoms. The molecule has 0 aliphatic carbocycles. The van der Waals surface area contributed by atoms with Gasteiger partial charge in [-0.3, -0.25) is 19.7 Å². The molecule has 1 heterocycles. The third-order valence-electron chi connectivity index (χ3n) is 3.91. The van der Waals surface area contributed by atoms with Gasteiger partial charge < -0.3 is 0 Å².